The topological polar surface area (TPSA) is 38.6 Å². The van der Waals surface area contributed by atoms with Crippen molar-refractivity contribution >= 4 is 16.3 Å². The van der Waals surface area contributed by atoms with Crippen molar-refractivity contribution in [2.45, 2.75) is 19.4 Å². The third-order valence-corrected chi connectivity index (χ3v) is 3.81. The van der Waals surface area contributed by atoms with Gasteiger partial charge in [-0.05, 0) is 13.3 Å². The highest BCUT2D eigenvalue weighted by Gasteiger charge is 2.18. The van der Waals surface area contributed by atoms with Crippen molar-refractivity contribution in [2.75, 3.05) is 19.8 Å². The summed E-state index contributed by atoms with van der Waals surface area (Å²) in [6.07, 6.45) is 5.16. The van der Waals surface area contributed by atoms with Crippen molar-refractivity contribution in [2.24, 2.45) is 0 Å². The minimum atomic E-state index is 0.367. The van der Waals surface area contributed by atoms with Crippen LogP contribution in [0.25, 0.3) is 4.96 Å². The third kappa shape index (κ3) is 1.75. The van der Waals surface area contributed by atoms with Crippen LogP contribution in [0.4, 0.5) is 0 Å². The number of fused-ring (bicyclic) bond motifs is 1. The molecule has 2 aromatic rings. The maximum atomic E-state index is 5.45. The summed E-state index contributed by atoms with van der Waals surface area (Å²) < 4.78 is 7.65. The Kier molecular flexibility index (Phi) is 2.67. The first-order valence-electron chi connectivity index (χ1n) is 5.59. The zero-order valence-corrected chi connectivity index (χ0v) is 10.1. The maximum Gasteiger partial charge on any atom is 0.194 e. The Morgan fingerprint density at radius 3 is 3.44 bits per heavy atom. The van der Waals surface area contributed by atoms with Gasteiger partial charge >= 0.3 is 0 Å². The minimum Gasteiger partial charge on any atom is -0.380 e. The zero-order valence-electron chi connectivity index (χ0n) is 9.27. The number of nitrogens with one attached hydrogen (secondary N) is 1. The summed E-state index contributed by atoms with van der Waals surface area (Å²) in [5.41, 5.74) is 1.25. The molecule has 2 aromatic heterocycles. The fraction of sp³-hybridized carbons (Fsp3) is 0.545. The van der Waals surface area contributed by atoms with Crippen LogP contribution in [0.15, 0.2) is 12.4 Å². The predicted molar refractivity (Wildman–Crippen MR) is 64.0 cm³/mol. The molecule has 1 N–H and O–H groups in total. The fourth-order valence-corrected chi connectivity index (χ4v) is 2.94. The Bertz CT molecular complexity index is 482. The van der Waals surface area contributed by atoms with Gasteiger partial charge in [-0.15, -0.1) is 11.3 Å². The summed E-state index contributed by atoms with van der Waals surface area (Å²) in [5, 5.41) is 3.50. The van der Waals surface area contributed by atoms with E-state index in [1.54, 1.807) is 11.3 Å². The summed E-state index contributed by atoms with van der Waals surface area (Å²) >= 11 is 1.73. The standard InChI is InChI=1S/C11H15N3OS/c1-8-7-14-10(6-13-11(14)16-8)9-2-4-15-5-3-12-9/h6-7,9,12H,2-5H2,1H3. The van der Waals surface area contributed by atoms with Gasteiger partial charge in [0.15, 0.2) is 4.96 Å². The van der Waals surface area contributed by atoms with E-state index in [2.05, 4.69) is 27.8 Å². The molecule has 5 heteroatoms. The largest absolute Gasteiger partial charge is 0.380 e. The number of rotatable bonds is 1. The van der Waals surface area contributed by atoms with E-state index in [4.69, 9.17) is 4.74 Å². The van der Waals surface area contributed by atoms with Crippen LogP contribution in [0.1, 0.15) is 23.0 Å². The smallest absolute Gasteiger partial charge is 0.194 e. The first-order valence-corrected chi connectivity index (χ1v) is 6.41. The van der Waals surface area contributed by atoms with Crippen molar-refractivity contribution < 1.29 is 4.74 Å². The van der Waals surface area contributed by atoms with E-state index < -0.39 is 0 Å². The summed E-state index contributed by atoms with van der Waals surface area (Å²) in [5.74, 6) is 0. The van der Waals surface area contributed by atoms with Crippen molar-refractivity contribution in [3.05, 3.63) is 23.0 Å². The van der Waals surface area contributed by atoms with E-state index in [0.29, 0.717) is 6.04 Å². The highest BCUT2D eigenvalue weighted by atomic mass is 32.1. The maximum absolute atomic E-state index is 5.45. The first-order chi connectivity index (χ1) is 7.84. The molecule has 1 saturated heterocycles. The van der Waals surface area contributed by atoms with Crippen LogP contribution in [-0.2, 0) is 4.74 Å². The number of hydrogen-bond donors (Lipinski definition) is 1. The second-order valence-corrected chi connectivity index (χ2v) is 5.30. The van der Waals surface area contributed by atoms with E-state index in [9.17, 15) is 0 Å². The molecule has 0 radical (unpaired) electrons. The average molecular weight is 237 g/mol. The van der Waals surface area contributed by atoms with Crippen molar-refractivity contribution in [1.82, 2.24) is 14.7 Å². The molecule has 1 aliphatic rings. The Labute approximate surface area is 98.3 Å². The van der Waals surface area contributed by atoms with Gasteiger partial charge in [0.2, 0.25) is 0 Å². The molecule has 0 aliphatic carbocycles. The lowest BCUT2D eigenvalue weighted by Crippen LogP contribution is -2.23. The lowest BCUT2D eigenvalue weighted by Gasteiger charge is -2.13. The number of aryl methyl sites for hydroxylation is 1. The highest BCUT2D eigenvalue weighted by molar-refractivity contribution is 7.16. The summed E-state index contributed by atoms with van der Waals surface area (Å²) in [6, 6.07) is 0.367. The molecule has 0 spiro atoms. The molecule has 3 rings (SSSR count). The normalized spacial score (nSPS) is 22.4. The Morgan fingerprint density at radius 2 is 2.50 bits per heavy atom. The van der Waals surface area contributed by atoms with Crippen molar-refractivity contribution in [3.63, 3.8) is 0 Å². The Balaban J connectivity index is 1.96. The van der Waals surface area contributed by atoms with Gasteiger partial charge in [0.25, 0.3) is 0 Å². The zero-order chi connectivity index (χ0) is 11.0. The van der Waals surface area contributed by atoms with Gasteiger partial charge in [-0.25, -0.2) is 4.98 Å². The quantitative estimate of drug-likeness (QED) is 0.821. The molecule has 1 unspecified atom stereocenters. The van der Waals surface area contributed by atoms with Gasteiger partial charge in [-0.1, -0.05) is 0 Å². The molecule has 0 bridgehead atoms. The lowest BCUT2D eigenvalue weighted by molar-refractivity contribution is 0.149. The van der Waals surface area contributed by atoms with E-state index in [1.807, 2.05) is 6.20 Å². The SMILES string of the molecule is Cc1cn2c(C3CCOCCN3)cnc2s1. The van der Waals surface area contributed by atoms with Crippen LogP contribution >= 0.6 is 11.3 Å². The molecule has 3 heterocycles. The molecule has 1 fully saturated rings. The molecule has 4 nitrogen and oxygen atoms in total. The number of hydrogen-bond acceptors (Lipinski definition) is 4. The number of nitrogens with zero attached hydrogens (tertiary/aromatic N) is 2. The van der Waals surface area contributed by atoms with Crippen molar-refractivity contribution in [3.8, 4) is 0 Å². The van der Waals surface area contributed by atoms with E-state index in [-0.39, 0.29) is 0 Å². The van der Waals surface area contributed by atoms with Gasteiger partial charge < -0.3 is 10.1 Å². The highest BCUT2D eigenvalue weighted by Crippen LogP contribution is 2.24. The Hall–Kier alpha value is -0.910. The predicted octanol–water partition coefficient (Wildman–Crippen LogP) is 1.76. The van der Waals surface area contributed by atoms with Crippen LogP contribution in [0.3, 0.4) is 0 Å². The minimum absolute atomic E-state index is 0.367. The average Bonchev–Trinajstić information content (AvgIpc) is 2.68. The first kappa shape index (κ1) is 10.3. The molecule has 0 amide bonds. The van der Waals surface area contributed by atoms with Gasteiger partial charge in [0, 0.05) is 24.2 Å². The van der Waals surface area contributed by atoms with Crippen molar-refractivity contribution in [1.29, 1.82) is 0 Å². The molecule has 0 saturated carbocycles. The number of aromatic nitrogens is 2. The molecule has 1 aliphatic heterocycles. The number of imidazole rings is 1. The van der Waals surface area contributed by atoms with E-state index in [0.717, 1.165) is 31.1 Å². The van der Waals surface area contributed by atoms with Gasteiger partial charge in [-0.3, -0.25) is 4.40 Å². The van der Waals surface area contributed by atoms with E-state index >= 15 is 0 Å². The second-order valence-electron chi connectivity index (χ2n) is 4.09. The van der Waals surface area contributed by atoms with Gasteiger partial charge in [0.1, 0.15) is 0 Å². The summed E-state index contributed by atoms with van der Waals surface area (Å²) in [6.45, 7) is 4.67. The van der Waals surface area contributed by atoms with Gasteiger partial charge in [-0.2, -0.15) is 0 Å². The van der Waals surface area contributed by atoms with Crippen LogP contribution in [0.2, 0.25) is 0 Å². The number of ether oxygens (including phenoxy) is 1. The Morgan fingerprint density at radius 1 is 1.56 bits per heavy atom. The van der Waals surface area contributed by atoms with Crippen LogP contribution in [0.5, 0.6) is 0 Å². The van der Waals surface area contributed by atoms with Crippen LogP contribution in [0, 0.1) is 6.92 Å². The van der Waals surface area contributed by atoms with E-state index in [1.165, 1.54) is 10.6 Å². The molecule has 86 valence electrons. The van der Waals surface area contributed by atoms with Gasteiger partial charge in [0.05, 0.1) is 24.5 Å². The molecule has 0 aromatic carbocycles. The van der Waals surface area contributed by atoms with Crippen LogP contribution in [-0.4, -0.2) is 29.1 Å². The monoisotopic (exact) mass is 237 g/mol. The second kappa shape index (κ2) is 4.16. The fourth-order valence-electron chi connectivity index (χ4n) is 2.13. The summed E-state index contributed by atoms with van der Waals surface area (Å²) in [4.78, 5) is 6.83. The molecular weight excluding hydrogens is 222 g/mol. The number of thiazole rings is 1. The molecule has 16 heavy (non-hydrogen) atoms. The molecule has 1 atom stereocenters. The lowest BCUT2D eigenvalue weighted by atomic mass is 10.1. The molecular formula is C11H15N3OS. The summed E-state index contributed by atoms with van der Waals surface area (Å²) in [7, 11) is 0. The third-order valence-electron chi connectivity index (χ3n) is 2.90. The van der Waals surface area contributed by atoms with Crippen LogP contribution < -0.4 is 5.32 Å².